The Morgan fingerprint density at radius 2 is 1.88 bits per heavy atom. The number of pyridine rings is 1. The molecule has 0 saturated carbocycles. The van der Waals surface area contributed by atoms with Crippen LogP contribution in [0, 0.1) is 5.92 Å². The number of hydrogen-bond acceptors (Lipinski definition) is 5. The van der Waals surface area contributed by atoms with Gasteiger partial charge < -0.3 is 5.32 Å². The van der Waals surface area contributed by atoms with Gasteiger partial charge in [-0.1, -0.05) is 32.0 Å². The van der Waals surface area contributed by atoms with Gasteiger partial charge in [0, 0.05) is 11.8 Å². The van der Waals surface area contributed by atoms with Crippen molar-refractivity contribution in [2.45, 2.75) is 24.8 Å². The molecule has 1 aromatic heterocycles. The molecule has 1 atom stereocenters. The molecule has 25 heavy (non-hydrogen) atoms. The Labute approximate surface area is 146 Å². The Balaban J connectivity index is 1.93. The molecule has 130 valence electrons. The number of anilines is 1. The molecule has 0 fully saturated rings. The first-order valence-corrected chi connectivity index (χ1v) is 9.29. The Morgan fingerprint density at radius 1 is 1.16 bits per heavy atom. The van der Waals surface area contributed by atoms with E-state index in [1.54, 1.807) is 42.6 Å². The normalized spacial score (nSPS) is 17.8. The van der Waals surface area contributed by atoms with Crippen molar-refractivity contribution in [2.75, 3.05) is 5.32 Å². The maximum Gasteiger partial charge on any atom is 0.263 e. The number of carbonyl (C=O) groups is 1. The summed E-state index contributed by atoms with van der Waals surface area (Å²) >= 11 is 0. The third-order valence-corrected chi connectivity index (χ3v) is 5.14. The quantitative estimate of drug-likeness (QED) is 0.870. The number of amides is 1. The van der Waals surface area contributed by atoms with Gasteiger partial charge in [0.25, 0.3) is 15.9 Å². The summed E-state index contributed by atoms with van der Waals surface area (Å²) in [4.78, 5) is 21.2. The van der Waals surface area contributed by atoms with Gasteiger partial charge >= 0.3 is 0 Å². The molecular formula is C17H18N4O3S. The van der Waals surface area contributed by atoms with E-state index in [2.05, 4.69) is 20.0 Å². The van der Waals surface area contributed by atoms with Crippen molar-refractivity contribution in [3.8, 4) is 0 Å². The number of fused-ring (bicyclic) bond motifs is 1. The lowest BCUT2D eigenvalue weighted by Crippen LogP contribution is -2.34. The number of aromatic nitrogens is 1. The number of benzene rings is 1. The number of amidine groups is 1. The number of hydrogen-bond donors (Lipinski definition) is 2. The van der Waals surface area contributed by atoms with Gasteiger partial charge in [0.1, 0.15) is 17.7 Å². The minimum absolute atomic E-state index is 0.131. The number of carbonyl (C=O) groups excluding carboxylic acids is 1. The molecule has 0 bridgehead atoms. The van der Waals surface area contributed by atoms with Gasteiger partial charge in [0.05, 0.1) is 4.90 Å². The predicted octanol–water partition coefficient (Wildman–Crippen LogP) is 1.78. The van der Waals surface area contributed by atoms with Gasteiger partial charge in [-0.2, -0.15) is 0 Å². The largest absolute Gasteiger partial charge is 0.309 e. The van der Waals surface area contributed by atoms with E-state index in [0.29, 0.717) is 11.4 Å². The van der Waals surface area contributed by atoms with E-state index in [1.165, 1.54) is 6.07 Å². The van der Waals surface area contributed by atoms with Crippen molar-refractivity contribution < 1.29 is 13.2 Å². The van der Waals surface area contributed by atoms with Crippen LogP contribution in [-0.4, -0.2) is 31.2 Å². The molecule has 1 aliphatic rings. The Hall–Kier alpha value is -2.74. The molecule has 0 spiro atoms. The van der Waals surface area contributed by atoms with Crippen molar-refractivity contribution in [1.82, 2.24) is 9.71 Å². The van der Waals surface area contributed by atoms with Crippen LogP contribution in [0.25, 0.3) is 0 Å². The topological polar surface area (TPSA) is 101 Å². The smallest absolute Gasteiger partial charge is 0.263 e. The molecule has 0 saturated heterocycles. The summed E-state index contributed by atoms with van der Waals surface area (Å²) in [6.07, 6.45) is 1.58. The summed E-state index contributed by atoms with van der Waals surface area (Å²) in [5, 5.41) is 2.71. The Bertz CT molecular complexity index is 924. The molecule has 0 aliphatic carbocycles. The molecule has 0 radical (unpaired) electrons. The highest BCUT2D eigenvalue weighted by molar-refractivity contribution is 7.90. The number of nitrogens with zero attached hydrogens (tertiary/aromatic N) is 2. The van der Waals surface area contributed by atoms with Crippen molar-refractivity contribution in [3.63, 3.8) is 0 Å². The minimum atomic E-state index is -3.64. The van der Waals surface area contributed by atoms with Crippen LogP contribution in [0.3, 0.4) is 0 Å². The van der Waals surface area contributed by atoms with E-state index in [1.807, 2.05) is 13.8 Å². The minimum Gasteiger partial charge on any atom is -0.309 e. The van der Waals surface area contributed by atoms with E-state index < -0.39 is 16.1 Å². The van der Waals surface area contributed by atoms with E-state index in [0.717, 1.165) is 0 Å². The summed E-state index contributed by atoms with van der Waals surface area (Å²) in [5.74, 6) is 0.134. The third kappa shape index (κ3) is 3.53. The van der Waals surface area contributed by atoms with Crippen LogP contribution in [0.1, 0.15) is 19.4 Å². The van der Waals surface area contributed by atoms with Crippen LogP contribution in [0.2, 0.25) is 0 Å². The maximum absolute atomic E-state index is 12.6. The zero-order chi connectivity index (χ0) is 18.0. The Morgan fingerprint density at radius 3 is 2.56 bits per heavy atom. The van der Waals surface area contributed by atoms with E-state index >= 15 is 0 Å². The van der Waals surface area contributed by atoms with Gasteiger partial charge in [0.15, 0.2) is 0 Å². The number of aliphatic imine (C=N–C) groups is 1. The van der Waals surface area contributed by atoms with Crippen molar-refractivity contribution >= 4 is 27.6 Å². The lowest BCUT2D eigenvalue weighted by molar-refractivity contribution is -0.118. The second-order valence-corrected chi connectivity index (χ2v) is 7.62. The molecule has 1 aliphatic heterocycles. The number of sulfonamides is 1. The average Bonchev–Trinajstić information content (AvgIpc) is 2.84. The van der Waals surface area contributed by atoms with Crippen LogP contribution in [-0.2, 0) is 14.8 Å². The van der Waals surface area contributed by atoms with Crippen LogP contribution in [0.5, 0.6) is 0 Å². The van der Waals surface area contributed by atoms with Crippen LogP contribution >= 0.6 is 0 Å². The first-order valence-electron chi connectivity index (χ1n) is 7.80. The molecule has 1 amide bonds. The van der Waals surface area contributed by atoms with Crippen LogP contribution < -0.4 is 10.0 Å². The summed E-state index contributed by atoms with van der Waals surface area (Å²) in [6, 6.07) is 11.0. The molecule has 1 unspecified atom stereocenters. The van der Waals surface area contributed by atoms with Crippen molar-refractivity contribution in [2.24, 2.45) is 10.9 Å². The zero-order valence-electron chi connectivity index (χ0n) is 13.8. The second-order valence-electron chi connectivity index (χ2n) is 5.97. The lowest BCUT2D eigenvalue weighted by Gasteiger charge is -2.17. The average molecular weight is 358 g/mol. The van der Waals surface area contributed by atoms with Gasteiger partial charge in [-0.15, -0.1) is 0 Å². The fourth-order valence-electron chi connectivity index (χ4n) is 2.52. The van der Waals surface area contributed by atoms with Gasteiger partial charge in [0.2, 0.25) is 0 Å². The highest BCUT2D eigenvalue weighted by Crippen LogP contribution is 2.23. The fourth-order valence-corrected chi connectivity index (χ4v) is 3.76. The molecule has 2 heterocycles. The summed E-state index contributed by atoms with van der Waals surface area (Å²) < 4.78 is 26.8. The van der Waals surface area contributed by atoms with Crippen LogP contribution in [0.15, 0.2) is 58.5 Å². The van der Waals surface area contributed by atoms with Crippen molar-refractivity contribution in [1.29, 1.82) is 0 Å². The predicted molar refractivity (Wildman–Crippen MR) is 94.8 cm³/mol. The SMILES string of the molecule is CC(C)C(N=C1NS(=O)(=O)c2ccccc21)C(=O)Nc1ccccn1. The highest BCUT2D eigenvalue weighted by Gasteiger charge is 2.32. The summed E-state index contributed by atoms with van der Waals surface area (Å²) in [6.45, 7) is 3.70. The highest BCUT2D eigenvalue weighted by atomic mass is 32.2. The molecule has 2 N–H and O–H groups in total. The van der Waals surface area contributed by atoms with Gasteiger partial charge in [-0.05, 0) is 30.2 Å². The molecule has 7 nitrogen and oxygen atoms in total. The van der Waals surface area contributed by atoms with Crippen molar-refractivity contribution in [3.05, 3.63) is 54.2 Å². The number of rotatable bonds is 4. The summed E-state index contributed by atoms with van der Waals surface area (Å²) in [7, 11) is -3.64. The van der Waals surface area contributed by atoms with E-state index in [9.17, 15) is 13.2 Å². The van der Waals surface area contributed by atoms with Gasteiger partial charge in [-0.3, -0.25) is 14.5 Å². The standard InChI is InChI=1S/C17H18N4O3S/c1-11(2)15(17(22)19-14-9-5-6-10-18-14)20-16-12-7-3-4-8-13(12)25(23,24)21-16/h3-11,15H,1-2H3,(H,20,21)(H,18,19,22). The lowest BCUT2D eigenvalue weighted by atomic mass is 10.0. The Kier molecular flexibility index (Phi) is 4.54. The van der Waals surface area contributed by atoms with E-state index in [-0.39, 0.29) is 22.6 Å². The molecule has 2 aromatic rings. The molecule has 3 rings (SSSR count). The first kappa shape index (κ1) is 17.1. The number of nitrogens with one attached hydrogen (secondary N) is 2. The third-order valence-electron chi connectivity index (χ3n) is 3.75. The second kappa shape index (κ2) is 6.64. The monoisotopic (exact) mass is 358 g/mol. The molecular weight excluding hydrogens is 340 g/mol. The summed E-state index contributed by atoms with van der Waals surface area (Å²) in [5.41, 5.74) is 0.471. The fraction of sp³-hybridized carbons (Fsp3) is 0.235. The van der Waals surface area contributed by atoms with Crippen LogP contribution in [0.4, 0.5) is 5.82 Å². The molecule has 8 heteroatoms. The zero-order valence-corrected chi connectivity index (χ0v) is 14.6. The maximum atomic E-state index is 12.6. The van der Waals surface area contributed by atoms with E-state index in [4.69, 9.17) is 0 Å². The van der Waals surface area contributed by atoms with Gasteiger partial charge in [-0.25, -0.2) is 13.4 Å². The molecule has 1 aromatic carbocycles. The first-order chi connectivity index (χ1) is 11.9.